The maximum absolute atomic E-state index is 6.10. The Hall–Kier alpha value is -1.62. The molecule has 1 aliphatic rings. The summed E-state index contributed by atoms with van der Waals surface area (Å²) in [7, 11) is 0. The van der Waals surface area contributed by atoms with Crippen molar-refractivity contribution in [1.29, 1.82) is 0 Å². The zero-order valence-corrected chi connectivity index (χ0v) is 16.3. The molecule has 25 heavy (non-hydrogen) atoms. The van der Waals surface area contributed by atoms with E-state index in [0.29, 0.717) is 0 Å². The smallest absolute Gasteiger partial charge is 0.174 e. The number of hydrogen-bond donors (Lipinski definition) is 1. The molecule has 2 aromatic rings. The number of thiocarbonyl (C=S) groups is 1. The van der Waals surface area contributed by atoms with Crippen molar-refractivity contribution in [2.75, 3.05) is 25.1 Å². The topological polar surface area (TPSA) is 18.5 Å². The molecule has 0 bridgehead atoms. The number of nitrogens with one attached hydrogen (secondary N) is 1. The zero-order chi connectivity index (χ0) is 17.8. The SMILES string of the molecule is Cc1ccc(NC(=S)N2CCCN(Cc3cccc(Cl)c3)C2)c(C)c1. The van der Waals surface area contributed by atoms with Crippen molar-refractivity contribution in [3.63, 3.8) is 0 Å². The molecule has 3 rings (SSSR count). The number of anilines is 1. The second-order valence-corrected chi connectivity index (χ2v) is 7.51. The molecular weight excluding hydrogens is 350 g/mol. The van der Waals surface area contributed by atoms with Crippen molar-refractivity contribution < 1.29 is 0 Å². The third-order valence-corrected chi connectivity index (χ3v) is 5.07. The fourth-order valence-corrected chi connectivity index (χ4v) is 3.68. The van der Waals surface area contributed by atoms with E-state index in [2.05, 4.69) is 53.2 Å². The largest absolute Gasteiger partial charge is 0.336 e. The van der Waals surface area contributed by atoms with Crippen LogP contribution in [0.5, 0.6) is 0 Å². The molecule has 0 radical (unpaired) electrons. The van der Waals surface area contributed by atoms with Gasteiger partial charge in [-0.05, 0) is 61.8 Å². The molecule has 2 aromatic carbocycles. The molecule has 0 saturated carbocycles. The van der Waals surface area contributed by atoms with Crippen LogP contribution in [0.3, 0.4) is 0 Å². The predicted molar refractivity (Wildman–Crippen MR) is 110 cm³/mol. The number of nitrogens with zero attached hydrogens (tertiary/aromatic N) is 2. The minimum atomic E-state index is 0.790. The van der Waals surface area contributed by atoms with Crippen LogP contribution < -0.4 is 5.32 Å². The lowest BCUT2D eigenvalue weighted by atomic mass is 10.1. The molecule has 1 heterocycles. The van der Waals surface area contributed by atoms with Gasteiger partial charge in [0.05, 0.1) is 6.67 Å². The maximum atomic E-state index is 6.10. The van der Waals surface area contributed by atoms with Crippen LogP contribution in [0.1, 0.15) is 23.1 Å². The third kappa shape index (κ3) is 4.94. The van der Waals surface area contributed by atoms with Gasteiger partial charge < -0.3 is 10.2 Å². The molecule has 5 heteroatoms. The second kappa shape index (κ2) is 8.17. The molecule has 0 unspecified atom stereocenters. The molecule has 0 spiro atoms. The number of benzene rings is 2. The Morgan fingerprint density at radius 3 is 2.76 bits per heavy atom. The lowest BCUT2D eigenvalue weighted by molar-refractivity contribution is 0.134. The summed E-state index contributed by atoms with van der Waals surface area (Å²) >= 11 is 11.8. The molecule has 0 atom stereocenters. The van der Waals surface area contributed by atoms with E-state index in [4.69, 9.17) is 23.8 Å². The summed E-state index contributed by atoms with van der Waals surface area (Å²) in [6, 6.07) is 14.5. The average molecular weight is 374 g/mol. The van der Waals surface area contributed by atoms with Gasteiger partial charge in [0.1, 0.15) is 0 Å². The van der Waals surface area contributed by atoms with Gasteiger partial charge in [-0.15, -0.1) is 0 Å². The summed E-state index contributed by atoms with van der Waals surface area (Å²) in [4.78, 5) is 4.65. The molecular formula is C20H24ClN3S. The number of rotatable bonds is 3. The van der Waals surface area contributed by atoms with E-state index in [9.17, 15) is 0 Å². The molecule has 0 aromatic heterocycles. The van der Waals surface area contributed by atoms with E-state index >= 15 is 0 Å². The van der Waals surface area contributed by atoms with Crippen molar-refractivity contribution >= 4 is 34.6 Å². The highest BCUT2D eigenvalue weighted by Gasteiger charge is 2.20. The Morgan fingerprint density at radius 1 is 1.16 bits per heavy atom. The maximum Gasteiger partial charge on any atom is 0.174 e. The van der Waals surface area contributed by atoms with Crippen LogP contribution in [0, 0.1) is 13.8 Å². The van der Waals surface area contributed by atoms with Crippen LogP contribution in [-0.2, 0) is 6.54 Å². The monoisotopic (exact) mass is 373 g/mol. The van der Waals surface area contributed by atoms with E-state index < -0.39 is 0 Å². The quantitative estimate of drug-likeness (QED) is 0.777. The molecule has 1 saturated heterocycles. The molecule has 1 aliphatic heterocycles. The minimum Gasteiger partial charge on any atom is -0.336 e. The average Bonchev–Trinajstić information content (AvgIpc) is 2.57. The van der Waals surface area contributed by atoms with Crippen molar-refractivity contribution in [2.45, 2.75) is 26.8 Å². The first-order chi connectivity index (χ1) is 12.0. The van der Waals surface area contributed by atoms with Crippen molar-refractivity contribution in [3.05, 3.63) is 64.2 Å². The Bertz CT molecular complexity index is 762. The molecule has 1 fully saturated rings. The van der Waals surface area contributed by atoms with Gasteiger partial charge in [0.2, 0.25) is 0 Å². The summed E-state index contributed by atoms with van der Waals surface area (Å²) in [5, 5.41) is 4.99. The van der Waals surface area contributed by atoms with E-state index in [-0.39, 0.29) is 0 Å². The van der Waals surface area contributed by atoms with E-state index in [1.807, 2.05) is 18.2 Å². The predicted octanol–water partition coefficient (Wildman–Crippen LogP) is 4.82. The number of hydrogen-bond acceptors (Lipinski definition) is 2. The molecule has 132 valence electrons. The van der Waals surface area contributed by atoms with Gasteiger partial charge in [0, 0.05) is 30.3 Å². The first-order valence-electron chi connectivity index (χ1n) is 8.61. The highest BCUT2D eigenvalue weighted by Crippen LogP contribution is 2.19. The fraction of sp³-hybridized carbons (Fsp3) is 0.350. The lowest BCUT2D eigenvalue weighted by Crippen LogP contribution is -2.48. The Balaban J connectivity index is 1.61. The Kier molecular flexibility index (Phi) is 5.94. The van der Waals surface area contributed by atoms with Crippen molar-refractivity contribution in [3.8, 4) is 0 Å². The van der Waals surface area contributed by atoms with Gasteiger partial charge in [0.15, 0.2) is 5.11 Å². The van der Waals surface area contributed by atoms with Gasteiger partial charge in [-0.25, -0.2) is 0 Å². The van der Waals surface area contributed by atoms with Crippen LogP contribution in [0.15, 0.2) is 42.5 Å². The third-order valence-electron chi connectivity index (χ3n) is 4.48. The van der Waals surface area contributed by atoms with Crippen LogP contribution in [0.2, 0.25) is 5.02 Å². The van der Waals surface area contributed by atoms with Crippen molar-refractivity contribution in [2.24, 2.45) is 0 Å². The van der Waals surface area contributed by atoms with E-state index in [0.717, 1.165) is 48.5 Å². The first-order valence-corrected chi connectivity index (χ1v) is 9.40. The van der Waals surface area contributed by atoms with E-state index in [1.165, 1.54) is 16.7 Å². The fourth-order valence-electron chi connectivity index (χ4n) is 3.20. The van der Waals surface area contributed by atoms with Crippen LogP contribution in [0.25, 0.3) is 0 Å². The van der Waals surface area contributed by atoms with Gasteiger partial charge in [-0.2, -0.15) is 0 Å². The number of halogens is 1. The van der Waals surface area contributed by atoms with E-state index in [1.54, 1.807) is 0 Å². The minimum absolute atomic E-state index is 0.790. The standard InChI is InChI=1S/C20H24ClN3S/c1-15-7-8-19(16(2)11-15)22-20(25)24-10-4-9-23(14-24)13-17-5-3-6-18(21)12-17/h3,5-8,11-12H,4,9-10,13-14H2,1-2H3,(H,22,25). The highest BCUT2D eigenvalue weighted by atomic mass is 35.5. The molecule has 0 amide bonds. The Labute approximate surface area is 160 Å². The summed E-state index contributed by atoms with van der Waals surface area (Å²) in [6.07, 6.45) is 1.11. The second-order valence-electron chi connectivity index (χ2n) is 6.69. The van der Waals surface area contributed by atoms with Gasteiger partial charge in [-0.3, -0.25) is 4.90 Å². The van der Waals surface area contributed by atoms with Gasteiger partial charge in [0.25, 0.3) is 0 Å². The van der Waals surface area contributed by atoms with Gasteiger partial charge >= 0.3 is 0 Å². The lowest BCUT2D eigenvalue weighted by Gasteiger charge is -2.37. The summed E-state index contributed by atoms with van der Waals surface area (Å²) < 4.78 is 0. The number of aryl methyl sites for hydroxylation is 2. The molecule has 1 N–H and O–H groups in total. The summed E-state index contributed by atoms with van der Waals surface area (Å²) in [5.74, 6) is 0. The zero-order valence-electron chi connectivity index (χ0n) is 14.8. The van der Waals surface area contributed by atoms with Crippen molar-refractivity contribution in [1.82, 2.24) is 9.80 Å². The summed E-state index contributed by atoms with van der Waals surface area (Å²) in [5.41, 5.74) is 4.81. The summed E-state index contributed by atoms with van der Waals surface area (Å²) in [6.45, 7) is 8.01. The van der Waals surface area contributed by atoms with Gasteiger partial charge in [-0.1, -0.05) is 41.4 Å². The van der Waals surface area contributed by atoms with Crippen LogP contribution in [0.4, 0.5) is 5.69 Å². The van der Waals surface area contributed by atoms with Crippen LogP contribution in [-0.4, -0.2) is 34.7 Å². The Morgan fingerprint density at radius 2 is 2.00 bits per heavy atom. The highest BCUT2D eigenvalue weighted by molar-refractivity contribution is 7.80. The molecule has 0 aliphatic carbocycles. The normalized spacial score (nSPS) is 15.2. The first kappa shape index (κ1) is 18.2. The van der Waals surface area contributed by atoms with Crippen LogP contribution >= 0.6 is 23.8 Å². The molecule has 3 nitrogen and oxygen atoms in total.